The fraction of sp³-hybridized carbons (Fsp3) is 0.571. The van der Waals surface area contributed by atoms with Gasteiger partial charge in [0.1, 0.15) is 5.82 Å². The van der Waals surface area contributed by atoms with Crippen molar-refractivity contribution in [2.75, 3.05) is 17.6 Å². The molecule has 0 atom stereocenters. The Labute approximate surface area is 113 Å². The van der Waals surface area contributed by atoms with Gasteiger partial charge in [0.05, 0.1) is 16.4 Å². The van der Waals surface area contributed by atoms with Crippen molar-refractivity contribution in [2.45, 2.75) is 32.6 Å². The minimum atomic E-state index is -0.425. The number of nitrogen functional groups attached to an aromatic ring is 1. The Hall–Kier alpha value is -0.960. The molecule has 1 aromatic rings. The molecule has 1 fully saturated rings. The van der Waals surface area contributed by atoms with Crippen molar-refractivity contribution in [2.24, 2.45) is 11.8 Å². The molecule has 3 N–H and O–H groups in total. The van der Waals surface area contributed by atoms with Gasteiger partial charge in [0, 0.05) is 12.6 Å². The fourth-order valence-corrected chi connectivity index (χ4v) is 2.67. The number of benzene rings is 1. The summed E-state index contributed by atoms with van der Waals surface area (Å²) in [5.74, 6) is 1.09. The summed E-state index contributed by atoms with van der Waals surface area (Å²) in [4.78, 5) is 0. The summed E-state index contributed by atoms with van der Waals surface area (Å²) in [5.41, 5.74) is 6.97. The van der Waals surface area contributed by atoms with Crippen LogP contribution in [0.4, 0.5) is 15.8 Å². The van der Waals surface area contributed by atoms with Crippen LogP contribution in [0.1, 0.15) is 32.6 Å². The lowest BCUT2D eigenvalue weighted by molar-refractivity contribution is 0.300. The minimum absolute atomic E-state index is 0.0736. The van der Waals surface area contributed by atoms with Gasteiger partial charge < -0.3 is 11.1 Å². The standard InChI is InChI=1S/C14H20ClFN2/c1-9-2-4-10(5-3-9)8-18-14-7-12(16)11(15)6-13(14)17/h6-7,9-10,18H,2-5,8,17H2,1H3. The van der Waals surface area contributed by atoms with Gasteiger partial charge in [0.2, 0.25) is 0 Å². The van der Waals surface area contributed by atoms with Crippen molar-refractivity contribution >= 4 is 23.0 Å². The maximum atomic E-state index is 13.3. The van der Waals surface area contributed by atoms with Crippen molar-refractivity contribution < 1.29 is 4.39 Å². The Morgan fingerprint density at radius 1 is 1.33 bits per heavy atom. The lowest BCUT2D eigenvalue weighted by Crippen LogP contribution is -2.20. The quantitative estimate of drug-likeness (QED) is 0.804. The predicted octanol–water partition coefficient (Wildman–Crippen LogP) is 4.30. The molecule has 0 spiro atoms. The molecule has 4 heteroatoms. The molecule has 2 nitrogen and oxygen atoms in total. The van der Waals surface area contributed by atoms with Gasteiger partial charge in [-0.2, -0.15) is 0 Å². The first kappa shape index (κ1) is 13.5. The van der Waals surface area contributed by atoms with Crippen LogP contribution in [0, 0.1) is 17.7 Å². The van der Waals surface area contributed by atoms with Crippen molar-refractivity contribution in [1.29, 1.82) is 0 Å². The van der Waals surface area contributed by atoms with Gasteiger partial charge in [-0.05, 0) is 30.7 Å². The second-order valence-corrected chi connectivity index (χ2v) is 5.77. The second-order valence-electron chi connectivity index (χ2n) is 5.36. The Balaban J connectivity index is 1.92. The van der Waals surface area contributed by atoms with Crippen LogP contribution < -0.4 is 11.1 Å². The molecule has 0 aliphatic heterocycles. The van der Waals surface area contributed by atoms with E-state index in [9.17, 15) is 4.39 Å². The zero-order valence-electron chi connectivity index (χ0n) is 10.7. The maximum Gasteiger partial charge on any atom is 0.143 e. The van der Waals surface area contributed by atoms with Gasteiger partial charge >= 0.3 is 0 Å². The highest BCUT2D eigenvalue weighted by Crippen LogP contribution is 2.30. The maximum absolute atomic E-state index is 13.3. The van der Waals surface area contributed by atoms with E-state index in [2.05, 4.69) is 12.2 Å². The number of halogens is 2. The molecule has 18 heavy (non-hydrogen) atoms. The summed E-state index contributed by atoms with van der Waals surface area (Å²) >= 11 is 5.67. The average Bonchev–Trinajstić information content (AvgIpc) is 2.34. The molecule has 0 bridgehead atoms. The molecule has 1 aromatic carbocycles. The lowest BCUT2D eigenvalue weighted by atomic mass is 9.83. The molecule has 0 saturated heterocycles. The molecule has 1 aliphatic carbocycles. The summed E-state index contributed by atoms with van der Waals surface area (Å²) in [6.07, 6.45) is 5.06. The predicted molar refractivity (Wildman–Crippen MR) is 75.4 cm³/mol. The normalized spacial score (nSPS) is 23.9. The van der Waals surface area contributed by atoms with Crippen LogP contribution in [-0.2, 0) is 0 Å². The summed E-state index contributed by atoms with van der Waals surface area (Å²) < 4.78 is 13.3. The smallest absolute Gasteiger partial charge is 0.143 e. The van der Waals surface area contributed by atoms with Crippen molar-refractivity contribution in [3.8, 4) is 0 Å². The highest BCUT2D eigenvalue weighted by molar-refractivity contribution is 6.31. The van der Waals surface area contributed by atoms with Gasteiger partial charge in [-0.15, -0.1) is 0 Å². The number of hydrogen-bond donors (Lipinski definition) is 2. The van der Waals surface area contributed by atoms with E-state index in [1.807, 2.05) is 0 Å². The van der Waals surface area contributed by atoms with E-state index in [-0.39, 0.29) is 5.02 Å². The van der Waals surface area contributed by atoms with Crippen LogP contribution in [0.3, 0.4) is 0 Å². The largest absolute Gasteiger partial charge is 0.397 e. The first-order valence-electron chi connectivity index (χ1n) is 6.54. The molecular formula is C14H20ClFN2. The SMILES string of the molecule is CC1CCC(CNc2cc(F)c(Cl)cc2N)CC1. The Morgan fingerprint density at radius 3 is 2.67 bits per heavy atom. The number of anilines is 2. The summed E-state index contributed by atoms with van der Waals surface area (Å²) in [6, 6.07) is 2.84. The van der Waals surface area contributed by atoms with E-state index in [4.69, 9.17) is 17.3 Å². The number of nitrogens with one attached hydrogen (secondary N) is 1. The molecule has 1 saturated carbocycles. The minimum Gasteiger partial charge on any atom is -0.397 e. The molecule has 1 aliphatic rings. The molecule has 100 valence electrons. The van der Waals surface area contributed by atoms with E-state index in [0.717, 1.165) is 12.5 Å². The van der Waals surface area contributed by atoms with Gasteiger partial charge in [-0.1, -0.05) is 31.4 Å². The third kappa shape index (κ3) is 3.29. The summed E-state index contributed by atoms with van der Waals surface area (Å²) in [7, 11) is 0. The zero-order chi connectivity index (χ0) is 13.1. The molecule has 0 radical (unpaired) electrons. The molecule has 2 rings (SSSR count). The summed E-state index contributed by atoms with van der Waals surface area (Å²) in [5, 5.41) is 3.32. The van der Waals surface area contributed by atoms with Gasteiger partial charge in [-0.25, -0.2) is 4.39 Å². The topological polar surface area (TPSA) is 38.0 Å². The third-order valence-corrected chi connectivity index (χ3v) is 4.10. The average molecular weight is 271 g/mol. The van der Waals surface area contributed by atoms with Crippen molar-refractivity contribution in [1.82, 2.24) is 0 Å². The number of hydrogen-bond acceptors (Lipinski definition) is 2. The summed E-state index contributed by atoms with van der Waals surface area (Å²) in [6.45, 7) is 3.16. The highest BCUT2D eigenvalue weighted by Gasteiger charge is 2.18. The van der Waals surface area contributed by atoms with Crippen LogP contribution in [-0.4, -0.2) is 6.54 Å². The molecule has 0 heterocycles. The van der Waals surface area contributed by atoms with E-state index in [0.29, 0.717) is 17.3 Å². The monoisotopic (exact) mass is 270 g/mol. The van der Waals surface area contributed by atoms with Gasteiger partial charge in [0.25, 0.3) is 0 Å². The van der Waals surface area contributed by atoms with Gasteiger partial charge in [0.15, 0.2) is 0 Å². The third-order valence-electron chi connectivity index (χ3n) is 3.81. The first-order valence-corrected chi connectivity index (χ1v) is 6.92. The Kier molecular flexibility index (Phi) is 4.33. The van der Waals surface area contributed by atoms with Gasteiger partial charge in [-0.3, -0.25) is 0 Å². The van der Waals surface area contributed by atoms with E-state index >= 15 is 0 Å². The van der Waals surface area contributed by atoms with Crippen molar-refractivity contribution in [3.05, 3.63) is 23.0 Å². The molecule has 0 unspecified atom stereocenters. The van der Waals surface area contributed by atoms with Crippen molar-refractivity contribution in [3.63, 3.8) is 0 Å². The Bertz CT molecular complexity index is 415. The fourth-order valence-electron chi connectivity index (χ4n) is 2.50. The Morgan fingerprint density at radius 2 is 2.00 bits per heavy atom. The molecular weight excluding hydrogens is 251 g/mol. The van der Waals surface area contributed by atoms with E-state index < -0.39 is 5.82 Å². The van der Waals surface area contributed by atoms with E-state index in [1.54, 1.807) is 0 Å². The number of nitrogens with two attached hydrogens (primary N) is 1. The highest BCUT2D eigenvalue weighted by atomic mass is 35.5. The van der Waals surface area contributed by atoms with Crippen LogP contribution in [0.2, 0.25) is 5.02 Å². The molecule has 0 amide bonds. The van der Waals surface area contributed by atoms with Crippen LogP contribution in [0.15, 0.2) is 12.1 Å². The number of rotatable bonds is 3. The molecule has 0 aromatic heterocycles. The zero-order valence-corrected chi connectivity index (χ0v) is 11.4. The lowest BCUT2D eigenvalue weighted by Gasteiger charge is -2.26. The first-order chi connectivity index (χ1) is 8.56. The van der Waals surface area contributed by atoms with Crippen LogP contribution in [0.5, 0.6) is 0 Å². The second kappa shape index (κ2) is 5.79. The van der Waals surface area contributed by atoms with Crippen LogP contribution >= 0.6 is 11.6 Å². The van der Waals surface area contributed by atoms with Crippen LogP contribution in [0.25, 0.3) is 0 Å². The van der Waals surface area contributed by atoms with E-state index in [1.165, 1.54) is 37.8 Å².